The molecule has 47 heavy (non-hydrogen) atoms. The zero-order valence-corrected chi connectivity index (χ0v) is 28.3. The molecule has 0 amide bonds. The number of aromatic hydroxyl groups is 1. The molecule has 0 unspecified atom stereocenters. The fourth-order valence-corrected chi connectivity index (χ4v) is 7.08. The number of phenols is 1. The van der Waals surface area contributed by atoms with Crippen molar-refractivity contribution in [3.8, 4) is 29.4 Å². The molecule has 2 aromatic rings. The molecule has 0 saturated carbocycles. The number of anilines is 1. The van der Waals surface area contributed by atoms with Crippen molar-refractivity contribution in [1.29, 1.82) is 0 Å². The molecule has 1 heterocycles. The highest BCUT2D eigenvalue weighted by atomic mass is 32.2. The van der Waals surface area contributed by atoms with Gasteiger partial charge in [-0.2, -0.15) is 8.42 Å². The van der Waals surface area contributed by atoms with Crippen molar-refractivity contribution in [2.24, 2.45) is 4.36 Å². The fraction of sp³-hybridized carbons (Fsp3) is 0.500. The fourth-order valence-electron chi connectivity index (χ4n) is 5.04. The van der Waals surface area contributed by atoms with Crippen molar-refractivity contribution < 1.29 is 36.6 Å². The summed E-state index contributed by atoms with van der Waals surface area (Å²) in [6.45, 7) is 9.77. The van der Waals surface area contributed by atoms with E-state index in [1.165, 1.54) is 30.3 Å². The average molecular weight is 688 g/mol. The number of aliphatic hydroxyl groups is 1. The number of piperidine rings is 1. The van der Waals surface area contributed by atoms with Gasteiger partial charge in [0.05, 0.1) is 11.0 Å². The topological polar surface area (TPSA) is 163 Å². The molecule has 1 saturated heterocycles. The van der Waals surface area contributed by atoms with Crippen LogP contribution < -0.4 is 10.2 Å². The summed E-state index contributed by atoms with van der Waals surface area (Å²) in [5, 5.41) is 23.8. The number of phenolic OH excluding ortho intramolecular Hbond substituents is 1. The zero-order valence-electron chi connectivity index (χ0n) is 26.7. The summed E-state index contributed by atoms with van der Waals surface area (Å²) in [4.78, 5) is 15.6. The molecule has 0 radical (unpaired) electrons. The highest BCUT2D eigenvalue weighted by Gasteiger charge is 2.53. The third-order valence-electron chi connectivity index (χ3n) is 7.55. The monoisotopic (exact) mass is 687 g/mol. The molecule has 1 atom stereocenters. The number of hydrogen-bond acceptors (Lipinski definition) is 11. The van der Waals surface area contributed by atoms with E-state index in [-0.39, 0.29) is 49.2 Å². The van der Waals surface area contributed by atoms with E-state index in [9.17, 15) is 31.8 Å². The highest BCUT2D eigenvalue weighted by Crippen LogP contribution is 2.36. The maximum Gasteiger partial charge on any atom is 0.330 e. The number of nitrogens with zero attached hydrogens (tertiary/aromatic N) is 2. The predicted molar refractivity (Wildman–Crippen MR) is 182 cm³/mol. The lowest BCUT2D eigenvalue weighted by molar-refractivity contribution is -0.157. The number of esters is 1. The molecule has 0 aromatic heterocycles. The molecule has 256 valence electrons. The minimum absolute atomic E-state index is 0. The molecule has 0 aliphatic carbocycles. The van der Waals surface area contributed by atoms with Gasteiger partial charge in [0.1, 0.15) is 17.0 Å². The van der Waals surface area contributed by atoms with Crippen LogP contribution in [0.15, 0.2) is 51.7 Å². The molecule has 13 heteroatoms. The number of benzene rings is 2. The Bertz CT molecular complexity index is 1740. The van der Waals surface area contributed by atoms with Crippen molar-refractivity contribution in [3.05, 3.63) is 48.0 Å². The van der Waals surface area contributed by atoms with Crippen molar-refractivity contribution in [1.82, 2.24) is 5.32 Å². The Labute approximate surface area is 280 Å². The number of hydrogen-bond donors (Lipinski definition) is 3. The average Bonchev–Trinajstić information content (AvgIpc) is 3.00. The molecule has 11 nitrogen and oxygen atoms in total. The molecule has 3 rings (SSSR count). The smallest absolute Gasteiger partial charge is 0.330 e. The van der Waals surface area contributed by atoms with Crippen LogP contribution >= 0.6 is 0 Å². The van der Waals surface area contributed by atoms with Crippen LogP contribution in [0.2, 0.25) is 0 Å². The van der Waals surface area contributed by atoms with Crippen LogP contribution in [-0.4, -0.2) is 69.0 Å². The number of nitrogens with one attached hydrogen (secondary N) is 1. The van der Waals surface area contributed by atoms with E-state index in [1.54, 1.807) is 46.8 Å². The van der Waals surface area contributed by atoms with E-state index >= 15 is 0 Å². The summed E-state index contributed by atoms with van der Waals surface area (Å²) in [5.41, 5.74) is 0.197. The molecule has 1 aliphatic rings. The predicted octanol–water partition coefficient (Wildman–Crippen LogP) is 4.70. The summed E-state index contributed by atoms with van der Waals surface area (Å²) < 4.78 is 56.9. The highest BCUT2D eigenvalue weighted by molar-refractivity contribution is 7.93. The Kier molecular flexibility index (Phi) is 14.0. The Morgan fingerprint density at radius 1 is 1.06 bits per heavy atom. The summed E-state index contributed by atoms with van der Waals surface area (Å²) in [7, 11) is -7.01. The lowest BCUT2D eigenvalue weighted by Gasteiger charge is -2.35. The first kappa shape index (κ1) is 39.3. The Morgan fingerprint density at radius 2 is 1.64 bits per heavy atom. The largest absolute Gasteiger partial charge is 0.506 e. The summed E-state index contributed by atoms with van der Waals surface area (Å²) in [6.07, 6.45) is 0.0608. The molecular formula is C34H45N3O8S2. The molecule has 0 bridgehead atoms. The summed E-state index contributed by atoms with van der Waals surface area (Å²) in [6, 6.07) is 10.7. The maximum atomic E-state index is 14.1. The number of rotatable bonds is 11. The van der Waals surface area contributed by atoms with Gasteiger partial charge in [-0.05, 0) is 89.4 Å². The van der Waals surface area contributed by atoms with Gasteiger partial charge < -0.3 is 25.2 Å². The maximum absolute atomic E-state index is 14.1. The van der Waals surface area contributed by atoms with E-state index in [4.69, 9.17) is 4.74 Å². The SMILES string of the molecule is C.CC#CCC(CC#CC)(C(=O)OC(C)(C)C)S(=O)(=O)c1ccc(N2CCC(NC[C@H](O)c3ccc(O)c(N=S(=O)=O)c3)CC2)cc1. The van der Waals surface area contributed by atoms with Crippen LogP contribution in [0.4, 0.5) is 11.4 Å². The van der Waals surface area contributed by atoms with Gasteiger partial charge in [0.2, 0.25) is 0 Å². The standard InChI is InChI=1S/C33H41N3O8S2.CH4/c1-6-8-18-33(19-9-7-2,31(39)44-32(3,4)5)46(42,43)27-13-11-26(12-14-27)36-20-16-25(17-21-36)34-23-30(38)24-10-15-29(37)28(22-24)35-45(40)41;/h10-15,22,25,30,34,37-38H,16-21,23H2,1-5H3;1H4/t30-;/m0./s1. The molecule has 0 spiro atoms. The van der Waals surface area contributed by atoms with Gasteiger partial charge in [-0.3, -0.25) is 4.79 Å². The molecule has 2 aromatic carbocycles. The second-order valence-electron chi connectivity index (χ2n) is 11.9. The van der Waals surface area contributed by atoms with Gasteiger partial charge in [0, 0.05) is 44.2 Å². The van der Waals surface area contributed by atoms with Gasteiger partial charge >= 0.3 is 16.5 Å². The zero-order chi connectivity index (χ0) is 34.1. The number of aliphatic hydroxyl groups excluding tert-OH is 1. The third-order valence-corrected chi connectivity index (χ3v) is 10.3. The van der Waals surface area contributed by atoms with E-state index in [1.807, 2.05) is 0 Å². The quantitative estimate of drug-likeness (QED) is 0.223. The van der Waals surface area contributed by atoms with E-state index in [0.717, 1.165) is 18.5 Å². The van der Waals surface area contributed by atoms with Crippen LogP contribution in [0.5, 0.6) is 5.75 Å². The first-order valence-electron chi connectivity index (χ1n) is 14.8. The van der Waals surface area contributed by atoms with Gasteiger partial charge in [-0.1, -0.05) is 13.5 Å². The van der Waals surface area contributed by atoms with Crippen molar-refractivity contribution >= 4 is 37.7 Å². The Morgan fingerprint density at radius 3 is 2.15 bits per heavy atom. The van der Waals surface area contributed by atoms with Crippen LogP contribution in [0, 0.1) is 23.7 Å². The van der Waals surface area contributed by atoms with Crippen LogP contribution in [-0.2, 0) is 29.9 Å². The number of carbonyl (C=O) groups is 1. The Balaban J connectivity index is 0.00000768. The minimum atomic E-state index is -4.27. The normalized spacial score (nSPS) is 14.4. The third kappa shape index (κ3) is 10.1. The first-order chi connectivity index (χ1) is 21.6. The molecule has 1 aliphatic heterocycles. The minimum Gasteiger partial charge on any atom is -0.506 e. The van der Waals surface area contributed by atoms with Crippen molar-refractivity contribution in [2.75, 3.05) is 24.5 Å². The van der Waals surface area contributed by atoms with Crippen LogP contribution in [0.25, 0.3) is 0 Å². The summed E-state index contributed by atoms with van der Waals surface area (Å²) in [5.74, 6) is 9.78. The van der Waals surface area contributed by atoms with Crippen LogP contribution in [0.1, 0.15) is 79.4 Å². The number of carbonyl (C=O) groups excluding carboxylic acids is 1. The second kappa shape index (κ2) is 16.8. The molecule has 1 fully saturated rings. The van der Waals surface area contributed by atoms with E-state index in [0.29, 0.717) is 18.7 Å². The number of ether oxygens (including phenoxy) is 1. The summed E-state index contributed by atoms with van der Waals surface area (Å²) >= 11 is 0. The molecule has 3 N–H and O–H groups in total. The van der Waals surface area contributed by atoms with Crippen molar-refractivity contribution in [3.63, 3.8) is 0 Å². The lowest BCUT2D eigenvalue weighted by atomic mass is 10.00. The van der Waals surface area contributed by atoms with Gasteiger partial charge in [0.15, 0.2) is 14.6 Å². The lowest BCUT2D eigenvalue weighted by Crippen LogP contribution is -2.49. The Hall–Kier alpha value is -3.88. The number of sulfone groups is 1. The second-order valence-corrected chi connectivity index (χ2v) is 14.8. The van der Waals surface area contributed by atoms with Gasteiger partial charge in [0.25, 0.3) is 0 Å². The van der Waals surface area contributed by atoms with Crippen molar-refractivity contribution in [2.45, 2.75) is 95.1 Å². The van der Waals surface area contributed by atoms with E-state index in [2.05, 4.69) is 38.3 Å². The first-order valence-corrected chi connectivity index (χ1v) is 17.3. The molecular weight excluding hydrogens is 643 g/mol. The van der Waals surface area contributed by atoms with E-state index < -0.39 is 42.8 Å². The van der Waals surface area contributed by atoms with Crippen LogP contribution in [0.3, 0.4) is 0 Å². The van der Waals surface area contributed by atoms with Gasteiger partial charge in [-0.15, -0.1) is 28.0 Å². The van der Waals surface area contributed by atoms with Gasteiger partial charge in [-0.25, -0.2) is 8.42 Å².